The van der Waals surface area contributed by atoms with Gasteiger partial charge in [0.1, 0.15) is 20.0 Å². The van der Waals surface area contributed by atoms with Crippen LogP contribution in [-0.4, -0.2) is 30.3 Å². The molecule has 0 bridgehead atoms. The fourth-order valence-corrected chi connectivity index (χ4v) is 5.32. The van der Waals surface area contributed by atoms with Crippen molar-refractivity contribution in [1.29, 1.82) is 0 Å². The molecule has 0 N–H and O–H groups in total. The molecule has 0 atom stereocenters. The molecule has 0 fully saturated rings. The van der Waals surface area contributed by atoms with E-state index in [0.29, 0.717) is 26.1 Å². The van der Waals surface area contributed by atoms with Crippen molar-refractivity contribution in [3.63, 3.8) is 0 Å². The molecule has 3 nitrogen and oxygen atoms in total. The Morgan fingerprint density at radius 3 is 1.97 bits per heavy atom. The van der Waals surface area contributed by atoms with E-state index in [9.17, 15) is 13.2 Å². The van der Waals surface area contributed by atoms with E-state index in [2.05, 4.69) is 20.9 Å². The second-order valence-electron chi connectivity index (χ2n) is 7.77. The van der Waals surface area contributed by atoms with Gasteiger partial charge in [-0.05, 0) is 48.5 Å². The predicted octanol–water partition coefficient (Wildman–Crippen LogP) is 7.84. The van der Waals surface area contributed by atoms with Gasteiger partial charge in [-0.3, -0.25) is 9.56 Å². The molecule has 0 aliphatic rings. The van der Waals surface area contributed by atoms with E-state index in [0.717, 1.165) is 21.5 Å². The van der Waals surface area contributed by atoms with Gasteiger partial charge in [0.05, 0.1) is 32.4 Å². The van der Waals surface area contributed by atoms with Gasteiger partial charge in [0, 0.05) is 10.2 Å². The fourth-order valence-electron chi connectivity index (χ4n) is 3.38. The lowest BCUT2D eigenvalue weighted by Crippen LogP contribution is -2.38. The summed E-state index contributed by atoms with van der Waals surface area (Å²) in [6, 6.07) is 25.6. The van der Waals surface area contributed by atoms with Crippen LogP contribution < -0.4 is 4.80 Å². The number of aliphatic imine (C=N–C) groups is 1. The largest absolute Gasteiger partial charge is 0.279 e. The normalized spacial score (nSPS) is 12.8. The van der Waals surface area contributed by atoms with Crippen LogP contribution in [0, 0.1) is 5.41 Å². The zero-order chi connectivity index (χ0) is 24.8. The summed E-state index contributed by atoms with van der Waals surface area (Å²) in [6.45, 7) is -3.76. The van der Waals surface area contributed by atoms with Gasteiger partial charge in [0.25, 0.3) is 0 Å². The van der Waals surface area contributed by atoms with Crippen molar-refractivity contribution in [3.8, 4) is 5.69 Å². The molecule has 4 aromatic rings. The van der Waals surface area contributed by atoms with Gasteiger partial charge < -0.3 is 0 Å². The topological polar surface area (TPSA) is 29.6 Å². The van der Waals surface area contributed by atoms with Crippen molar-refractivity contribution in [3.05, 3.63) is 99.1 Å². The number of alkyl halides is 3. The van der Waals surface area contributed by atoms with E-state index in [1.165, 1.54) is 0 Å². The number of benzene rings is 3. The first-order valence-electron chi connectivity index (χ1n) is 10.6. The average Bonchev–Trinajstić information content (AvgIpc) is 3.22. The van der Waals surface area contributed by atoms with Gasteiger partial charge in [-0.1, -0.05) is 63.7 Å². The van der Waals surface area contributed by atoms with Crippen molar-refractivity contribution >= 4 is 57.0 Å². The monoisotopic (exact) mass is 575 g/mol. The molecule has 0 radical (unpaired) electrons. The van der Waals surface area contributed by atoms with Gasteiger partial charge in [-0.2, -0.15) is 0 Å². The summed E-state index contributed by atoms with van der Waals surface area (Å²) in [7, 11) is 0. The number of para-hydroxylation sites is 2. The molecular weight excluding hydrogens is 555 g/mol. The Morgan fingerprint density at radius 2 is 1.40 bits per heavy atom. The molecule has 0 saturated carbocycles. The third kappa shape index (κ3) is 5.47. The van der Waals surface area contributed by atoms with Crippen LogP contribution in [0.5, 0.6) is 0 Å². The third-order valence-corrected chi connectivity index (χ3v) is 7.50. The van der Waals surface area contributed by atoms with Gasteiger partial charge >= 0.3 is 0 Å². The van der Waals surface area contributed by atoms with Crippen molar-refractivity contribution in [1.82, 2.24) is 4.57 Å². The Kier molecular flexibility index (Phi) is 8.30. The first kappa shape index (κ1) is 25.5. The Balaban J connectivity index is 2.03. The highest BCUT2D eigenvalue weighted by Crippen LogP contribution is 2.34. The van der Waals surface area contributed by atoms with Crippen LogP contribution in [-0.2, 0) is 0 Å². The highest BCUT2D eigenvalue weighted by Gasteiger charge is 2.40. The number of hydrogen-bond acceptors (Lipinski definition) is 4. The third-order valence-electron chi connectivity index (χ3n) is 5.35. The van der Waals surface area contributed by atoms with Crippen LogP contribution in [0.1, 0.15) is 4.88 Å². The number of rotatable bonds is 8. The van der Waals surface area contributed by atoms with Crippen molar-refractivity contribution in [2.24, 2.45) is 15.4 Å². The second-order valence-corrected chi connectivity index (χ2v) is 10.1. The van der Waals surface area contributed by atoms with Crippen molar-refractivity contribution < 1.29 is 13.2 Å². The summed E-state index contributed by atoms with van der Waals surface area (Å²) < 4.78 is 45.5. The smallest absolute Gasteiger partial charge is 0.196 e. The number of aromatic nitrogens is 1. The lowest BCUT2D eigenvalue weighted by atomic mass is 9.86. The second kappa shape index (κ2) is 11.4. The Bertz CT molecular complexity index is 1360. The highest BCUT2D eigenvalue weighted by molar-refractivity contribution is 9.10. The van der Waals surface area contributed by atoms with Gasteiger partial charge in [0.2, 0.25) is 0 Å². The first-order chi connectivity index (χ1) is 17.0. The molecule has 9 heteroatoms. The maximum atomic E-state index is 14.3. The SMILES string of the molecule is FCC(CF)(CF)C(=Nc1ccc(Br)cc1)c1sc(=Nc2ccccc2)n(-c2ccccc2)c1S. The summed E-state index contributed by atoms with van der Waals surface area (Å²) in [4.78, 5) is 10.2. The van der Waals surface area contributed by atoms with Crippen LogP contribution in [0.3, 0.4) is 0 Å². The first-order valence-corrected chi connectivity index (χ1v) is 12.7. The van der Waals surface area contributed by atoms with Crippen LogP contribution in [0.2, 0.25) is 0 Å². The molecule has 35 heavy (non-hydrogen) atoms. The van der Waals surface area contributed by atoms with E-state index in [1.807, 2.05) is 60.7 Å². The van der Waals surface area contributed by atoms with Crippen molar-refractivity contribution in [2.75, 3.05) is 20.0 Å². The van der Waals surface area contributed by atoms with E-state index < -0.39 is 25.4 Å². The summed E-state index contributed by atoms with van der Waals surface area (Å²) in [6.07, 6.45) is 0. The number of nitrogens with zero attached hydrogens (tertiary/aromatic N) is 3. The van der Waals surface area contributed by atoms with E-state index >= 15 is 0 Å². The predicted molar refractivity (Wildman–Crippen MR) is 143 cm³/mol. The maximum absolute atomic E-state index is 14.3. The van der Waals surface area contributed by atoms with Gasteiger partial charge in [-0.25, -0.2) is 18.2 Å². The van der Waals surface area contributed by atoms with E-state index in [-0.39, 0.29) is 5.71 Å². The molecular formula is C26H21BrF3N3S2. The summed E-state index contributed by atoms with van der Waals surface area (Å²) >= 11 is 9.26. The van der Waals surface area contributed by atoms with Crippen LogP contribution in [0.25, 0.3) is 5.69 Å². The summed E-state index contributed by atoms with van der Waals surface area (Å²) in [5, 5.41) is 0.367. The standard InChI is InChI=1S/C26H21BrF3N3S2/c27-18-11-13-20(14-12-18)31-23(26(15-28,16-29)17-30)22-24(34)33(21-9-5-2-6-10-21)25(35-22)32-19-7-3-1-4-8-19/h1-14,34H,15-17H2. The summed E-state index contributed by atoms with van der Waals surface area (Å²) in [5.74, 6) is 0. The molecule has 0 unspecified atom stereocenters. The maximum Gasteiger partial charge on any atom is 0.196 e. The van der Waals surface area contributed by atoms with E-state index in [1.54, 1.807) is 28.8 Å². The lowest BCUT2D eigenvalue weighted by Gasteiger charge is -2.26. The average molecular weight is 577 g/mol. The summed E-state index contributed by atoms with van der Waals surface area (Å²) in [5.41, 5.74) is -0.214. The molecule has 1 heterocycles. The molecule has 0 saturated heterocycles. The minimum Gasteiger partial charge on any atom is -0.279 e. The zero-order valence-corrected chi connectivity index (χ0v) is 21.7. The Hall–Kier alpha value is -2.62. The van der Waals surface area contributed by atoms with E-state index in [4.69, 9.17) is 17.6 Å². The molecule has 0 spiro atoms. The lowest BCUT2D eigenvalue weighted by molar-refractivity contribution is 0.184. The quantitative estimate of drug-likeness (QED) is 0.164. The Labute approximate surface area is 219 Å². The molecule has 0 aliphatic carbocycles. The molecule has 4 rings (SSSR count). The highest BCUT2D eigenvalue weighted by atomic mass is 79.9. The molecule has 0 amide bonds. The number of thiazole rings is 1. The molecule has 0 aliphatic heterocycles. The number of thiol groups is 1. The van der Waals surface area contributed by atoms with Gasteiger partial charge in [-0.15, -0.1) is 12.6 Å². The Morgan fingerprint density at radius 1 is 0.829 bits per heavy atom. The van der Waals surface area contributed by atoms with Crippen LogP contribution in [0.4, 0.5) is 24.5 Å². The molecule has 3 aromatic carbocycles. The number of halogens is 4. The fraction of sp³-hybridized carbons (Fsp3) is 0.154. The van der Waals surface area contributed by atoms with Crippen molar-refractivity contribution in [2.45, 2.75) is 5.03 Å². The molecule has 180 valence electrons. The van der Waals surface area contributed by atoms with Gasteiger partial charge in [0.15, 0.2) is 4.80 Å². The molecule has 1 aromatic heterocycles. The van der Waals surface area contributed by atoms with Crippen LogP contribution >= 0.6 is 39.9 Å². The zero-order valence-electron chi connectivity index (χ0n) is 18.4. The minimum absolute atomic E-state index is 0.0403. The van der Waals surface area contributed by atoms with Crippen LogP contribution in [0.15, 0.2) is 104 Å². The number of hydrogen-bond donors (Lipinski definition) is 1. The minimum atomic E-state index is -2.06.